The molecule has 166 valence electrons. The van der Waals surface area contributed by atoms with Crippen LogP contribution in [0.3, 0.4) is 0 Å². The molecule has 4 rings (SSSR count). The third-order valence-corrected chi connectivity index (χ3v) is 6.78. The van der Waals surface area contributed by atoms with Crippen LogP contribution in [0.5, 0.6) is 0 Å². The van der Waals surface area contributed by atoms with Gasteiger partial charge in [0.05, 0.1) is 11.6 Å². The zero-order chi connectivity index (χ0) is 23.0. The minimum atomic E-state index is -0.655. The van der Waals surface area contributed by atoms with Crippen LogP contribution in [0.25, 0.3) is 16.7 Å². The molecule has 1 aliphatic heterocycles. The zero-order valence-electron chi connectivity index (χ0n) is 18.4. The summed E-state index contributed by atoms with van der Waals surface area (Å²) in [7, 11) is 3.95. The number of carbonyl (C=O) groups is 2. The second-order valence-corrected chi connectivity index (χ2v) is 9.26. The van der Waals surface area contributed by atoms with Gasteiger partial charge in [-0.25, -0.2) is 0 Å². The number of carbonyl (C=O) groups excluding carboxylic acids is 2. The quantitative estimate of drug-likeness (QED) is 0.297. The molecular formula is C25H26BrN3O3. The first kappa shape index (κ1) is 22.3. The fourth-order valence-corrected chi connectivity index (χ4v) is 4.51. The maximum absolute atomic E-state index is 13.2. The maximum Gasteiger partial charge on any atom is 0.295 e. The lowest BCUT2D eigenvalue weighted by Gasteiger charge is -2.25. The largest absolute Gasteiger partial charge is 0.507 e. The average molecular weight is 496 g/mol. The van der Waals surface area contributed by atoms with Gasteiger partial charge in [-0.1, -0.05) is 40.2 Å². The van der Waals surface area contributed by atoms with Crippen molar-refractivity contribution in [2.75, 3.05) is 27.2 Å². The van der Waals surface area contributed by atoms with Gasteiger partial charge in [0.1, 0.15) is 5.76 Å². The number of aryl methyl sites for hydroxylation is 1. The molecule has 3 aromatic rings. The fraction of sp³-hybridized carbons (Fsp3) is 0.280. The van der Waals surface area contributed by atoms with Crippen molar-refractivity contribution in [3.63, 3.8) is 0 Å². The van der Waals surface area contributed by atoms with E-state index in [0.29, 0.717) is 12.1 Å². The normalized spacial score (nSPS) is 18.3. The van der Waals surface area contributed by atoms with E-state index >= 15 is 0 Å². The molecule has 0 aliphatic carbocycles. The Morgan fingerprint density at radius 1 is 1.19 bits per heavy atom. The van der Waals surface area contributed by atoms with Gasteiger partial charge in [-0.3, -0.25) is 9.59 Å². The summed E-state index contributed by atoms with van der Waals surface area (Å²) in [5, 5.41) is 12.2. The number of aromatic nitrogens is 1. The van der Waals surface area contributed by atoms with Gasteiger partial charge in [0, 0.05) is 39.2 Å². The van der Waals surface area contributed by atoms with Gasteiger partial charge in [0.15, 0.2) is 0 Å². The number of nitrogens with zero attached hydrogens (tertiary/aromatic N) is 2. The van der Waals surface area contributed by atoms with E-state index in [1.165, 1.54) is 0 Å². The van der Waals surface area contributed by atoms with E-state index in [4.69, 9.17) is 0 Å². The number of nitrogens with one attached hydrogen (secondary N) is 1. The summed E-state index contributed by atoms with van der Waals surface area (Å²) in [6, 6.07) is 12.5. The van der Waals surface area contributed by atoms with E-state index in [-0.39, 0.29) is 11.3 Å². The molecule has 2 aromatic carbocycles. The molecule has 2 heterocycles. The Morgan fingerprint density at radius 2 is 1.94 bits per heavy atom. The van der Waals surface area contributed by atoms with Gasteiger partial charge in [0.2, 0.25) is 0 Å². The molecule has 7 heteroatoms. The third kappa shape index (κ3) is 3.98. The number of para-hydroxylation sites is 1. The van der Waals surface area contributed by atoms with E-state index in [9.17, 15) is 14.7 Å². The number of H-pyrrole nitrogens is 1. The molecule has 1 atom stereocenters. The summed E-state index contributed by atoms with van der Waals surface area (Å²) in [6.45, 7) is 3.12. The third-order valence-electron chi connectivity index (χ3n) is 5.89. The first-order valence-corrected chi connectivity index (χ1v) is 11.3. The van der Waals surface area contributed by atoms with Crippen molar-refractivity contribution in [3.05, 3.63) is 75.4 Å². The van der Waals surface area contributed by atoms with Crippen molar-refractivity contribution in [1.82, 2.24) is 14.8 Å². The highest BCUT2D eigenvalue weighted by atomic mass is 79.9. The van der Waals surface area contributed by atoms with Gasteiger partial charge in [-0.15, -0.1) is 0 Å². The van der Waals surface area contributed by atoms with Crippen molar-refractivity contribution in [2.45, 2.75) is 19.4 Å². The lowest BCUT2D eigenvalue weighted by Crippen LogP contribution is -2.32. The Labute approximate surface area is 195 Å². The number of hydrogen-bond donors (Lipinski definition) is 2. The highest BCUT2D eigenvalue weighted by Gasteiger charge is 2.46. The first-order valence-electron chi connectivity index (χ1n) is 10.5. The van der Waals surface area contributed by atoms with Crippen molar-refractivity contribution in [2.24, 2.45) is 0 Å². The summed E-state index contributed by atoms with van der Waals surface area (Å²) in [4.78, 5) is 33.1. The number of rotatable bonds is 6. The maximum atomic E-state index is 13.2. The second-order valence-electron chi connectivity index (χ2n) is 8.40. The Kier molecular flexibility index (Phi) is 6.22. The van der Waals surface area contributed by atoms with Crippen LogP contribution in [0.1, 0.15) is 29.2 Å². The molecule has 0 saturated carbocycles. The molecule has 2 N–H and O–H groups in total. The number of fused-ring (bicyclic) bond motifs is 1. The molecule has 1 aliphatic rings. The summed E-state index contributed by atoms with van der Waals surface area (Å²) < 4.78 is 0.909. The van der Waals surface area contributed by atoms with Crippen LogP contribution in [0.4, 0.5) is 0 Å². The van der Waals surface area contributed by atoms with Crippen molar-refractivity contribution in [3.8, 4) is 0 Å². The molecule has 0 spiro atoms. The number of amides is 1. The highest BCUT2D eigenvalue weighted by Crippen LogP contribution is 2.42. The number of halogens is 1. The Balaban J connectivity index is 1.87. The zero-order valence-corrected chi connectivity index (χ0v) is 19.9. The topological polar surface area (TPSA) is 76.6 Å². The molecule has 1 amide bonds. The van der Waals surface area contributed by atoms with E-state index in [0.717, 1.165) is 39.5 Å². The van der Waals surface area contributed by atoms with Gasteiger partial charge < -0.3 is 19.9 Å². The first-order chi connectivity index (χ1) is 15.3. The Hall–Kier alpha value is -2.90. The summed E-state index contributed by atoms with van der Waals surface area (Å²) in [5.74, 6) is -1.37. The lowest BCUT2D eigenvalue weighted by molar-refractivity contribution is -0.139. The van der Waals surface area contributed by atoms with E-state index in [1.807, 2.05) is 68.5 Å². The van der Waals surface area contributed by atoms with Gasteiger partial charge >= 0.3 is 0 Å². The minimum absolute atomic E-state index is 0.131. The number of likely N-dealkylation sites (tertiary alicyclic amines) is 1. The van der Waals surface area contributed by atoms with Gasteiger partial charge in [-0.2, -0.15) is 0 Å². The molecule has 1 unspecified atom stereocenters. The monoisotopic (exact) mass is 495 g/mol. The molecule has 1 aromatic heterocycles. The van der Waals surface area contributed by atoms with Gasteiger partial charge in [-0.05, 0) is 57.7 Å². The lowest BCUT2D eigenvalue weighted by atomic mass is 9.94. The van der Waals surface area contributed by atoms with Crippen LogP contribution < -0.4 is 0 Å². The van der Waals surface area contributed by atoms with Crippen LogP contribution in [0.2, 0.25) is 0 Å². The molecule has 6 nitrogen and oxygen atoms in total. The number of hydrogen-bond acceptors (Lipinski definition) is 4. The number of aliphatic hydroxyl groups excluding tert-OH is 1. The van der Waals surface area contributed by atoms with Crippen LogP contribution in [-0.2, 0) is 9.59 Å². The minimum Gasteiger partial charge on any atom is -0.507 e. The van der Waals surface area contributed by atoms with Crippen molar-refractivity contribution < 1.29 is 14.7 Å². The molecular weight excluding hydrogens is 470 g/mol. The van der Waals surface area contributed by atoms with E-state index in [2.05, 4.69) is 20.9 Å². The number of aromatic amines is 1. The summed E-state index contributed by atoms with van der Waals surface area (Å²) in [5.41, 5.74) is 3.30. The van der Waals surface area contributed by atoms with Crippen LogP contribution in [0.15, 0.2) is 58.7 Å². The number of aliphatic hydroxyl groups is 1. The molecule has 1 fully saturated rings. The Morgan fingerprint density at radius 3 is 2.66 bits per heavy atom. The predicted molar refractivity (Wildman–Crippen MR) is 129 cm³/mol. The smallest absolute Gasteiger partial charge is 0.295 e. The number of benzene rings is 2. The standard InChI is InChI=1S/C25H26BrN3O3/c1-15-13-16(9-10-19(15)26)23(30)21-22(18-14-27-20-8-5-4-7-17(18)20)29(25(32)24(21)31)12-6-11-28(2)3/h4-5,7-10,13-14,22,27,30H,6,11-12H2,1-3H3/b23-21+. The highest BCUT2D eigenvalue weighted by molar-refractivity contribution is 9.10. The number of Topliss-reactive ketones (excluding diaryl/α,β-unsaturated/α-hetero) is 1. The van der Waals surface area contributed by atoms with Crippen LogP contribution in [-0.4, -0.2) is 58.8 Å². The fourth-order valence-electron chi connectivity index (χ4n) is 4.26. The molecule has 32 heavy (non-hydrogen) atoms. The van der Waals surface area contributed by atoms with Gasteiger partial charge in [0.25, 0.3) is 11.7 Å². The van der Waals surface area contributed by atoms with Crippen LogP contribution >= 0.6 is 15.9 Å². The molecule has 0 radical (unpaired) electrons. The van der Waals surface area contributed by atoms with Crippen molar-refractivity contribution >= 4 is 44.3 Å². The molecule has 0 bridgehead atoms. The average Bonchev–Trinajstić information content (AvgIpc) is 3.29. The summed E-state index contributed by atoms with van der Waals surface area (Å²) in [6.07, 6.45) is 2.55. The summed E-state index contributed by atoms with van der Waals surface area (Å²) >= 11 is 3.47. The van der Waals surface area contributed by atoms with Crippen molar-refractivity contribution in [1.29, 1.82) is 0 Å². The molecule has 1 saturated heterocycles. The van der Waals surface area contributed by atoms with Crippen LogP contribution in [0, 0.1) is 6.92 Å². The SMILES string of the molecule is Cc1cc(/C(O)=C2\C(=O)C(=O)N(CCCN(C)C)C2c2c[nH]c3ccccc23)ccc1Br. The van der Waals surface area contributed by atoms with E-state index in [1.54, 1.807) is 11.0 Å². The Bertz CT molecular complexity index is 1230. The second kappa shape index (κ2) is 8.92. The van der Waals surface area contributed by atoms with E-state index < -0.39 is 17.7 Å². The predicted octanol–water partition coefficient (Wildman–Crippen LogP) is 4.61. The number of ketones is 1.